The lowest BCUT2D eigenvalue weighted by molar-refractivity contribution is -0.274. The molecule has 1 aromatic carbocycles. The Kier molecular flexibility index (Phi) is 5.88. The molecule has 0 aromatic heterocycles. The minimum absolute atomic E-state index is 0.184. The third-order valence-corrected chi connectivity index (χ3v) is 2.68. The van der Waals surface area contributed by atoms with Crippen molar-refractivity contribution in [3.63, 3.8) is 0 Å². The summed E-state index contributed by atoms with van der Waals surface area (Å²) in [7, 11) is 0. The van der Waals surface area contributed by atoms with Gasteiger partial charge in [-0.3, -0.25) is 0 Å². The van der Waals surface area contributed by atoms with Crippen LogP contribution in [-0.4, -0.2) is 19.1 Å². The van der Waals surface area contributed by atoms with Crippen LogP contribution in [0.25, 0.3) is 0 Å². The molecule has 21 heavy (non-hydrogen) atoms. The first-order chi connectivity index (χ1) is 9.61. The third-order valence-electron chi connectivity index (χ3n) is 2.68. The summed E-state index contributed by atoms with van der Waals surface area (Å²) >= 11 is 0. The zero-order chi connectivity index (χ0) is 16.1. The predicted molar refractivity (Wildman–Crippen MR) is 64.8 cm³/mol. The Balaban J connectivity index is 2.75. The molecule has 120 valence electrons. The molecular weight excluding hydrogens is 300 g/mol. The van der Waals surface area contributed by atoms with Gasteiger partial charge in [-0.2, -0.15) is 13.2 Å². The summed E-state index contributed by atoms with van der Waals surface area (Å²) in [5.74, 6) is -0.405. The summed E-state index contributed by atoms with van der Waals surface area (Å²) in [5.41, 5.74) is 0.482. The fraction of sp³-hybridized carbons (Fsp3) is 0.538. The van der Waals surface area contributed by atoms with Crippen LogP contribution in [0.4, 0.5) is 26.3 Å². The SMILES string of the molecule is CCNC(CCC(F)(F)F)c1ccc(OC(F)(F)F)cc1. The van der Waals surface area contributed by atoms with E-state index in [2.05, 4.69) is 10.1 Å². The van der Waals surface area contributed by atoms with Crippen molar-refractivity contribution < 1.29 is 31.1 Å². The van der Waals surface area contributed by atoms with E-state index in [0.29, 0.717) is 12.1 Å². The fourth-order valence-corrected chi connectivity index (χ4v) is 1.84. The zero-order valence-electron chi connectivity index (χ0n) is 11.2. The van der Waals surface area contributed by atoms with Gasteiger partial charge in [-0.25, -0.2) is 0 Å². The van der Waals surface area contributed by atoms with Crippen LogP contribution in [0.1, 0.15) is 31.4 Å². The van der Waals surface area contributed by atoms with E-state index < -0.39 is 30.8 Å². The van der Waals surface area contributed by atoms with Gasteiger partial charge < -0.3 is 10.1 Å². The van der Waals surface area contributed by atoms with E-state index in [4.69, 9.17) is 0 Å². The smallest absolute Gasteiger partial charge is 0.406 e. The summed E-state index contributed by atoms with van der Waals surface area (Å²) in [4.78, 5) is 0. The first-order valence-electron chi connectivity index (χ1n) is 6.26. The molecule has 1 aromatic rings. The molecular formula is C13H15F6NO. The highest BCUT2D eigenvalue weighted by molar-refractivity contribution is 5.29. The second-order valence-electron chi connectivity index (χ2n) is 4.38. The Bertz CT molecular complexity index is 426. The van der Waals surface area contributed by atoms with Crippen molar-refractivity contribution in [2.24, 2.45) is 0 Å². The Morgan fingerprint density at radius 3 is 2.05 bits per heavy atom. The number of ether oxygens (including phenoxy) is 1. The molecule has 1 N–H and O–H groups in total. The molecule has 0 radical (unpaired) electrons. The van der Waals surface area contributed by atoms with Crippen molar-refractivity contribution in [1.29, 1.82) is 0 Å². The highest BCUT2D eigenvalue weighted by Gasteiger charge is 2.31. The number of hydrogen-bond acceptors (Lipinski definition) is 2. The second kappa shape index (κ2) is 7.02. The molecule has 0 saturated carbocycles. The van der Waals surface area contributed by atoms with Crippen molar-refractivity contribution in [2.75, 3.05) is 6.54 Å². The molecule has 1 atom stereocenters. The average Bonchev–Trinajstić information content (AvgIpc) is 2.32. The molecule has 0 heterocycles. The van der Waals surface area contributed by atoms with Gasteiger partial charge in [0.15, 0.2) is 0 Å². The van der Waals surface area contributed by atoms with Crippen LogP contribution in [0.5, 0.6) is 5.75 Å². The molecule has 1 unspecified atom stereocenters. The number of nitrogens with one attached hydrogen (secondary N) is 1. The van der Waals surface area contributed by atoms with E-state index in [0.717, 1.165) is 12.1 Å². The monoisotopic (exact) mass is 315 g/mol. The van der Waals surface area contributed by atoms with Gasteiger partial charge in [0.2, 0.25) is 0 Å². The Morgan fingerprint density at radius 2 is 1.62 bits per heavy atom. The number of alkyl halides is 6. The van der Waals surface area contributed by atoms with Gasteiger partial charge in [0.25, 0.3) is 0 Å². The van der Waals surface area contributed by atoms with Crippen LogP contribution in [-0.2, 0) is 0 Å². The normalized spacial score (nSPS) is 14.0. The van der Waals surface area contributed by atoms with Crippen molar-refractivity contribution in [3.8, 4) is 5.75 Å². The Labute approximate surface area is 118 Å². The topological polar surface area (TPSA) is 21.3 Å². The largest absolute Gasteiger partial charge is 0.573 e. The van der Waals surface area contributed by atoms with E-state index in [9.17, 15) is 26.3 Å². The minimum Gasteiger partial charge on any atom is -0.406 e. The van der Waals surface area contributed by atoms with Gasteiger partial charge in [-0.05, 0) is 30.7 Å². The molecule has 0 spiro atoms. The van der Waals surface area contributed by atoms with Gasteiger partial charge in [0.1, 0.15) is 5.75 Å². The summed E-state index contributed by atoms with van der Waals surface area (Å²) in [5, 5.41) is 2.88. The summed E-state index contributed by atoms with van der Waals surface area (Å²) in [6.45, 7) is 2.19. The predicted octanol–water partition coefficient (Wildman–Crippen LogP) is 4.58. The van der Waals surface area contributed by atoms with Crippen molar-refractivity contribution in [1.82, 2.24) is 5.32 Å². The fourth-order valence-electron chi connectivity index (χ4n) is 1.84. The summed E-state index contributed by atoms with van der Waals surface area (Å²) in [6, 6.07) is 4.24. The summed E-state index contributed by atoms with van der Waals surface area (Å²) < 4.78 is 76.5. The van der Waals surface area contributed by atoms with Gasteiger partial charge in [0, 0.05) is 12.5 Å². The van der Waals surface area contributed by atoms with Crippen molar-refractivity contribution in [3.05, 3.63) is 29.8 Å². The molecule has 0 saturated heterocycles. The van der Waals surface area contributed by atoms with Crippen LogP contribution < -0.4 is 10.1 Å². The Morgan fingerprint density at radius 1 is 1.05 bits per heavy atom. The molecule has 0 aliphatic carbocycles. The van der Waals surface area contributed by atoms with Crippen LogP contribution >= 0.6 is 0 Å². The van der Waals surface area contributed by atoms with E-state index in [1.807, 2.05) is 0 Å². The van der Waals surface area contributed by atoms with Gasteiger partial charge in [-0.15, -0.1) is 13.2 Å². The number of halogens is 6. The standard InChI is InChI=1S/C13H15F6NO/c1-2-20-11(7-8-12(14,15)16)9-3-5-10(6-4-9)21-13(17,18)19/h3-6,11,20H,2,7-8H2,1H3. The molecule has 0 fully saturated rings. The second-order valence-corrected chi connectivity index (χ2v) is 4.38. The molecule has 0 aliphatic rings. The zero-order valence-corrected chi connectivity index (χ0v) is 11.2. The maximum atomic E-state index is 12.2. The van der Waals surface area contributed by atoms with Gasteiger partial charge in [0.05, 0.1) is 0 Å². The molecule has 1 rings (SSSR count). The van der Waals surface area contributed by atoms with E-state index in [1.54, 1.807) is 6.92 Å². The lowest BCUT2D eigenvalue weighted by atomic mass is 10.0. The highest BCUT2D eigenvalue weighted by atomic mass is 19.4. The summed E-state index contributed by atoms with van der Waals surface area (Å²) in [6.07, 6.45) is -10.2. The number of benzene rings is 1. The first kappa shape index (κ1) is 17.6. The van der Waals surface area contributed by atoms with E-state index >= 15 is 0 Å². The molecule has 0 bridgehead atoms. The molecule has 0 aliphatic heterocycles. The molecule has 8 heteroatoms. The first-order valence-corrected chi connectivity index (χ1v) is 6.26. The molecule has 0 amide bonds. The van der Waals surface area contributed by atoms with Gasteiger partial charge in [-0.1, -0.05) is 19.1 Å². The van der Waals surface area contributed by atoms with Crippen LogP contribution in [0.3, 0.4) is 0 Å². The van der Waals surface area contributed by atoms with Crippen molar-refractivity contribution >= 4 is 0 Å². The van der Waals surface area contributed by atoms with Crippen molar-refractivity contribution in [2.45, 2.75) is 38.3 Å². The Hall–Kier alpha value is -1.44. The minimum atomic E-state index is -4.79. The quantitative estimate of drug-likeness (QED) is 0.776. The third kappa shape index (κ3) is 7.22. The van der Waals surface area contributed by atoms with Gasteiger partial charge >= 0.3 is 12.5 Å². The lowest BCUT2D eigenvalue weighted by Gasteiger charge is -2.19. The van der Waals surface area contributed by atoms with E-state index in [-0.39, 0.29) is 6.42 Å². The van der Waals surface area contributed by atoms with Crippen LogP contribution in [0.2, 0.25) is 0 Å². The van der Waals surface area contributed by atoms with Crippen LogP contribution in [0.15, 0.2) is 24.3 Å². The lowest BCUT2D eigenvalue weighted by Crippen LogP contribution is -2.23. The maximum absolute atomic E-state index is 12.2. The maximum Gasteiger partial charge on any atom is 0.573 e. The average molecular weight is 315 g/mol. The number of rotatable bonds is 6. The van der Waals surface area contributed by atoms with Crippen LogP contribution in [0, 0.1) is 0 Å². The number of hydrogen-bond donors (Lipinski definition) is 1. The highest BCUT2D eigenvalue weighted by Crippen LogP contribution is 2.29. The van der Waals surface area contributed by atoms with E-state index in [1.165, 1.54) is 12.1 Å². The molecule has 2 nitrogen and oxygen atoms in total.